The van der Waals surface area contributed by atoms with Crippen LogP contribution in [-0.4, -0.2) is 17.7 Å². The summed E-state index contributed by atoms with van der Waals surface area (Å²) >= 11 is 0. The Labute approximate surface area is 128 Å². The highest BCUT2D eigenvalue weighted by Gasteiger charge is 2.16. The fourth-order valence-electron chi connectivity index (χ4n) is 2.06. The minimum atomic E-state index is -0.495. The minimum absolute atomic E-state index is 0.418. The molecule has 0 heterocycles. The molecule has 0 radical (unpaired) electrons. The van der Waals surface area contributed by atoms with Crippen molar-refractivity contribution in [2.24, 2.45) is 5.92 Å². The topological polar surface area (TPSA) is 50.4 Å². The second-order valence-electron chi connectivity index (χ2n) is 6.61. The van der Waals surface area contributed by atoms with Gasteiger partial charge in [-0.2, -0.15) is 0 Å². The van der Waals surface area contributed by atoms with Gasteiger partial charge in [0.1, 0.15) is 5.60 Å². The molecule has 21 heavy (non-hydrogen) atoms. The Morgan fingerprint density at radius 1 is 1.24 bits per heavy atom. The Bertz CT molecular complexity index is 464. The van der Waals surface area contributed by atoms with Crippen LogP contribution in [0.1, 0.15) is 48.0 Å². The third-order valence-corrected chi connectivity index (χ3v) is 3.10. The maximum Gasteiger partial charge on any atom is 0.412 e. The van der Waals surface area contributed by atoms with Crippen molar-refractivity contribution in [1.29, 1.82) is 0 Å². The molecule has 0 spiro atoms. The molecule has 0 aliphatic carbocycles. The summed E-state index contributed by atoms with van der Waals surface area (Å²) in [5, 5.41) is 6.26. The first-order valence-electron chi connectivity index (χ1n) is 7.58. The number of carbonyl (C=O) groups is 1. The lowest BCUT2D eigenvalue weighted by atomic mass is 10.0. The van der Waals surface area contributed by atoms with Crippen molar-refractivity contribution in [3.05, 3.63) is 24.3 Å². The second kappa shape index (κ2) is 7.34. The number of rotatable bonds is 5. The maximum atomic E-state index is 11.8. The number of benzene rings is 1. The highest BCUT2D eigenvalue weighted by atomic mass is 16.6. The second-order valence-corrected chi connectivity index (χ2v) is 6.61. The van der Waals surface area contributed by atoms with E-state index < -0.39 is 11.7 Å². The lowest BCUT2D eigenvalue weighted by Gasteiger charge is -2.23. The Hall–Kier alpha value is -1.71. The molecule has 1 unspecified atom stereocenters. The average molecular weight is 292 g/mol. The summed E-state index contributed by atoms with van der Waals surface area (Å²) in [5.74, 6) is 0.553. The number of anilines is 2. The molecule has 0 saturated carbocycles. The number of amides is 1. The third-order valence-electron chi connectivity index (χ3n) is 3.10. The van der Waals surface area contributed by atoms with Crippen LogP contribution in [0.3, 0.4) is 0 Å². The Balaban J connectivity index is 2.70. The molecule has 0 bridgehead atoms. The molecular formula is C17H28N2O2. The molecule has 2 N–H and O–H groups in total. The van der Waals surface area contributed by atoms with Gasteiger partial charge in [0.15, 0.2) is 0 Å². The van der Waals surface area contributed by atoms with Crippen molar-refractivity contribution in [2.45, 2.75) is 59.6 Å². The number of ether oxygens (including phenoxy) is 1. The predicted octanol–water partition coefficient (Wildman–Crippen LogP) is 4.88. The van der Waals surface area contributed by atoms with Crippen molar-refractivity contribution < 1.29 is 9.53 Å². The largest absolute Gasteiger partial charge is 0.444 e. The van der Waals surface area contributed by atoms with E-state index in [1.54, 1.807) is 0 Å². The molecule has 1 atom stereocenters. The van der Waals surface area contributed by atoms with E-state index in [1.807, 2.05) is 45.0 Å². The van der Waals surface area contributed by atoms with Gasteiger partial charge in [-0.3, -0.25) is 5.32 Å². The normalized spacial score (nSPS) is 12.9. The van der Waals surface area contributed by atoms with E-state index in [0.29, 0.717) is 12.0 Å². The van der Waals surface area contributed by atoms with Crippen LogP contribution in [0, 0.1) is 5.92 Å². The third kappa shape index (κ3) is 6.52. The molecular weight excluding hydrogens is 264 g/mol. The smallest absolute Gasteiger partial charge is 0.412 e. The van der Waals surface area contributed by atoms with E-state index in [0.717, 1.165) is 17.8 Å². The summed E-state index contributed by atoms with van der Waals surface area (Å²) in [6, 6.07) is 8.12. The van der Waals surface area contributed by atoms with Gasteiger partial charge in [-0.1, -0.05) is 26.8 Å². The fourth-order valence-corrected chi connectivity index (χ4v) is 2.06. The quantitative estimate of drug-likeness (QED) is 0.813. The average Bonchev–Trinajstić information content (AvgIpc) is 2.33. The lowest BCUT2D eigenvalue weighted by molar-refractivity contribution is 0.0636. The monoisotopic (exact) mass is 292 g/mol. The van der Waals surface area contributed by atoms with E-state index in [2.05, 4.69) is 31.4 Å². The summed E-state index contributed by atoms with van der Waals surface area (Å²) in [7, 11) is 0. The first-order chi connectivity index (χ1) is 9.71. The standard InChI is InChI=1S/C17H28N2O2/c1-7-15(12(2)3)18-13-9-8-10-14(11-13)19-16(20)21-17(4,5)6/h8-12,15,18H,7H2,1-6H3,(H,19,20). The van der Waals surface area contributed by atoms with Crippen molar-refractivity contribution in [1.82, 2.24) is 0 Å². The molecule has 4 nitrogen and oxygen atoms in total. The molecule has 1 aromatic rings. The first-order valence-corrected chi connectivity index (χ1v) is 7.58. The molecule has 0 aromatic heterocycles. The van der Waals surface area contributed by atoms with Gasteiger partial charge in [0, 0.05) is 17.4 Å². The summed E-state index contributed by atoms with van der Waals surface area (Å²) in [5.41, 5.74) is 1.24. The van der Waals surface area contributed by atoms with E-state index in [1.165, 1.54) is 0 Å². The van der Waals surface area contributed by atoms with Gasteiger partial charge >= 0.3 is 6.09 Å². The Morgan fingerprint density at radius 2 is 1.86 bits per heavy atom. The minimum Gasteiger partial charge on any atom is -0.444 e. The zero-order chi connectivity index (χ0) is 16.0. The fraction of sp³-hybridized carbons (Fsp3) is 0.588. The molecule has 1 aromatic carbocycles. The van der Waals surface area contributed by atoms with Gasteiger partial charge in [0.25, 0.3) is 0 Å². The van der Waals surface area contributed by atoms with Gasteiger partial charge in [0.2, 0.25) is 0 Å². The zero-order valence-electron chi connectivity index (χ0n) is 14.0. The predicted molar refractivity (Wildman–Crippen MR) is 88.8 cm³/mol. The van der Waals surface area contributed by atoms with Crippen LogP contribution in [0.25, 0.3) is 0 Å². The Morgan fingerprint density at radius 3 is 2.38 bits per heavy atom. The van der Waals surface area contributed by atoms with E-state index in [9.17, 15) is 4.79 Å². The SMILES string of the molecule is CCC(Nc1cccc(NC(=O)OC(C)(C)C)c1)C(C)C. The molecule has 1 rings (SSSR count). The molecule has 4 heteroatoms. The Kier molecular flexibility index (Phi) is 6.06. The molecule has 118 valence electrons. The number of hydrogen-bond acceptors (Lipinski definition) is 3. The van der Waals surface area contributed by atoms with Gasteiger partial charge in [-0.25, -0.2) is 4.79 Å². The van der Waals surface area contributed by atoms with Crippen molar-refractivity contribution >= 4 is 17.5 Å². The summed E-state index contributed by atoms with van der Waals surface area (Å²) in [6.45, 7) is 12.1. The van der Waals surface area contributed by atoms with Gasteiger partial charge < -0.3 is 10.1 Å². The zero-order valence-corrected chi connectivity index (χ0v) is 14.0. The van der Waals surface area contributed by atoms with Crippen molar-refractivity contribution in [2.75, 3.05) is 10.6 Å². The van der Waals surface area contributed by atoms with Crippen LogP contribution in [0.4, 0.5) is 16.2 Å². The van der Waals surface area contributed by atoms with Crippen LogP contribution in [0.2, 0.25) is 0 Å². The van der Waals surface area contributed by atoms with Crippen molar-refractivity contribution in [3.8, 4) is 0 Å². The number of hydrogen-bond donors (Lipinski definition) is 2. The van der Waals surface area contributed by atoms with Crippen LogP contribution in [0.15, 0.2) is 24.3 Å². The van der Waals surface area contributed by atoms with Crippen LogP contribution >= 0.6 is 0 Å². The molecule has 1 amide bonds. The van der Waals surface area contributed by atoms with Gasteiger partial charge in [0.05, 0.1) is 0 Å². The lowest BCUT2D eigenvalue weighted by Crippen LogP contribution is -2.27. The highest BCUT2D eigenvalue weighted by molar-refractivity contribution is 5.85. The molecule has 0 saturated heterocycles. The van der Waals surface area contributed by atoms with Gasteiger partial charge in [-0.15, -0.1) is 0 Å². The molecule has 0 aliphatic heterocycles. The van der Waals surface area contributed by atoms with Crippen LogP contribution in [0.5, 0.6) is 0 Å². The van der Waals surface area contributed by atoms with E-state index in [4.69, 9.17) is 4.74 Å². The maximum absolute atomic E-state index is 11.8. The van der Waals surface area contributed by atoms with Crippen LogP contribution in [-0.2, 0) is 4.74 Å². The van der Waals surface area contributed by atoms with Crippen LogP contribution < -0.4 is 10.6 Å². The van der Waals surface area contributed by atoms with E-state index in [-0.39, 0.29) is 0 Å². The summed E-state index contributed by atoms with van der Waals surface area (Å²) in [4.78, 5) is 11.8. The van der Waals surface area contributed by atoms with Crippen molar-refractivity contribution in [3.63, 3.8) is 0 Å². The van der Waals surface area contributed by atoms with E-state index >= 15 is 0 Å². The number of nitrogens with one attached hydrogen (secondary N) is 2. The number of carbonyl (C=O) groups excluding carboxylic acids is 1. The first kappa shape index (κ1) is 17.3. The summed E-state index contributed by atoms with van der Waals surface area (Å²) in [6.07, 6.45) is 0.622. The van der Waals surface area contributed by atoms with Gasteiger partial charge in [-0.05, 0) is 51.3 Å². The molecule has 0 aliphatic rings. The molecule has 0 fully saturated rings. The highest BCUT2D eigenvalue weighted by Crippen LogP contribution is 2.20. The summed E-state index contributed by atoms with van der Waals surface area (Å²) < 4.78 is 5.25.